The Morgan fingerprint density at radius 3 is 2.67 bits per heavy atom. The molecule has 0 spiro atoms. The molecule has 0 heterocycles. The Kier molecular flexibility index (Phi) is 5.29. The molecular formula is C11H22N2OS. The molecule has 1 rings (SSSR count). The number of hydrogen-bond acceptors (Lipinski definition) is 2. The van der Waals surface area contributed by atoms with Crippen LogP contribution in [0.25, 0.3) is 0 Å². The van der Waals surface area contributed by atoms with E-state index in [-0.39, 0.29) is 6.03 Å². The minimum Gasteiger partial charge on any atom is -0.335 e. The molecule has 0 aromatic carbocycles. The molecular weight excluding hydrogens is 208 g/mol. The summed E-state index contributed by atoms with van der Waals surface area (Å²) in [4.78, 5) is 13.7. The molecule has 1 aliphatic carbocycles. The molecule has 1 fully saturated rings. The molecule has 0 bridgehead atoms. The number of amides is 2. The van der Waals surface area contributed by atoms with Gasteiger partial charge in [-0.15, -0.1) is 0 Å². The molecule has 1 unspecified atom stereocenters. The lowest BCUT2D eigenvalue weighted by molar-refractivity contribution is 0.182. The number of carbonyl (C=O) groups excluding carboxylic acids is 1. The first-order valence-electron chi connectivity index (χ1n) is 5.71. The molecule has 4 heteroatoms. The van der Waals surface area contributed by atoms with E-state index in [1.54, 1.807) is 11.8 Å². The van der Waals surface area contributed by atoms with E-state index in [0.29, 0.717) is 12.1 Å². The van der Waals surface area contributed by atoms with Gasteiger partial charge in [0.2, 0.25) is 0 Å². The zero-order valence-electron chi connectivity index (χ0n) is 9.95. The quantitative estimate of drug-likeness (QED) is 0.786. The molecule has 15 heavy (non-hydrogen) atoms. The summed E-state index contributed by atoms with van der Waals surface area (Å²) in [5.74, 6) is 1.02. The van der Waals surface area contributed by atoms with Gasteiger partial charge in [0.05, 0.1) is 0 Å². The van der Waals surface area contributed by atoms with E-state index in [0.717, 1.165) is 25.0 Å². The van der Waals surface area contributed by atoms with E-state index in [4.69, 9.17) is 0 Å². The van der Waals surface area contributed by atoms with Crippen LogP contribution in [-0.2, 0) is 0 Å². The summed E-state index contributed by atoms with van der Waals surface area (Å²) in [6.45, 7) is 2.13. The lowest BCUT2D eigenvalue weighted by Gasteiger charge is -2.32. The Morgan fingerprint density at radius 1 is 1.60 bits per heavy atom. The predicted octanol–water partition coefficient (Wildman–Crippen LogP) is 2.32. The van der Waals surface area contributed by atoms with Crippen molar-refractivity contribution in [2.75, 3.05) is 19.1 Å². The molecule has 1 aliphatic rings. The van der Waals surface area contributed by atoms with Gasteiger partial charge in [0.15, 0.2) is 0 Å². The second kappa shape index (κ2) is 6.26. The van der Waals surface area contributed by atoms with Crippen LogP contribution in [0.3, 0.4) is 0 Å². The average molecular weight is 230 g/mol. The molecule has 88 valence electrons. The van der Waals surface area contributed by atoms with Crippen molar-refractivity contribution in [2.45, 2.75) is 44.7 Å². The summed E-state index contributed by atoms with van der Waals surface area (Å²) in [5, 5.41) is 3.07. The van der Waals surface area contributed by atoms with Crippen LogP contribution in [0.15, 0.2) is 0 Å². The fraction of sp³-hybridized carbons (Fsp3) is 0.909. The van der Waals surface area contributed by atoms with Gasteiger partial charge in [-0.25, -0.2) is 4.79 Å². The van der Waals surface area contributed by atoms with Crippen molar-refractivity contribution in [2.24, 2.45) is 0 Å². The number of rotatable bonds is 5. The Morgan fingerprint density at radius 2 is 2.27 bits per heavy atom. The first kappa shape index (κ1) is 12.7. The second-order valence-corrected chi connectivity index (χ2v) is 5.12. The molecule has 0 radical (unpaired) electrons. The zero-order valence-corrected chi connectivity index (χ0v) is 10.8. The van der Waals surface area contributed by atoms with Crippen molar-refractivity contribution >= 4 is 17.8 Å². The molecule has 0 aromatic rings. The smallest absolute Gasteiger partial charge is 0.317 e. The highest BCUT2D eigenvalue weighted by Crippen LogP contribution is 2.18. The van der Waals surface area contributed by atoms with E-state index in [1.165, 1.54) is 6.42 Å². The van der Waals surface area contributed by atoms with E-state index in [2.05, 4.69) is 18.5 Å². The van der Waals surface area contributed by atoms with Crippen LogP contribution in [0.1, 0.15) is 32.6 Å². The van der Waals surface area contributed by atoms with E-state index in [9.17, 15) is 4.79 Å². The topological polar surface area (TPSA) is 32.3 Å². The van der Waals surface area contributed by atoms with Crippen LogP contribution in [-0.4, -0.2) is 42.1 Å². The maximum atomic E-state index is 11.8. The highest BCUT2D eigenvalue weighted by molar-refractivity contribution is 7.98. The lowest BCUT2D eigenvalue weighted by Crippen LogP contribution is -2.49. The van der Waals surface area contributed by atoms with Gasteiger partial charge < -0.3 is 10.2 Å². The maximum Gasteiger partial charge on any atom is 0.317 e. The molecule has 0 aromatic heterocycles. The average Bonchev–Trinajstić information content (AvgIpc) is 2.18. The lowest BCUT2D eigenvalue weighted by atomic mass is 9.93. The summed E-state index contributed by atoms with van der Waals surface area (Å²) in [7, 11) is 1.90. The van der Waals surface area contributed by atoms with E-state index >= 15 is 0 Å². The fourth-order valence-corrected chi connectivity index (χ4v) is 2.53. The third-order valence-electron chi connectivity index (χ3n) is 3.13. The fourth-order valence-electron chi connectivity index (χ4n) is 1.69. The second-order valence-electron chi connectivity index (χ2n) is 4.21. The number of urea groups is 1. The third-order valence-corrected chi connectivity index (χ3v) is 3.85. The maximum absolute atomic E-state index is 11.8. The van der Waals surface area contributed by atoms with Crippen molar-refractivity contribution in [3.63, 3.8) is 0 Å². The first-order valence-corrected chi connectivity index (χ1v) is 7.10. The Labute approximate surface area is 97.0 Å². The minimum atomic E-state index is 0.0978. The van der Waals surface area contributed by atoms with Crippen LogP contribution in [0.5, 0.6) is 0 Å². The van der Waals surface area contributed by atoms with Crippen LogP contribution >= 0.6 is 11.8 Å². The van der Waals surface area contributed by atoms with Gasteiger partial charge >= 0.3 is 6.03 Å². The summed E-state index contributed by atoms with van der Waals surface area (Å²) >= 11 is 1.80. The number of nitrogens with zero attached hydrogens (tertiary/aromatic N) is 1. The van der Waals surface area contributed by atoms with Gasteiger partial charge in [0.1, 0.15) is 0 Å². The van der Waals surface area contributed by atoms with Crippen molar-refractivity contribution < 1.29 is 4.79 Å². The normalized spacial score (nSPS) is 18.1. The van der Waals surface area contributed by atoms with Gasteiger partial charge in [0.25, 0.3) is 0 Å². The van der Waals surface area contributed by atoms with Crippen LogP contribution in [0, 0.1) is 0 Å². The molecule has 1 saturated carbocycles. The van der Waals surface area contributed by atoms with Gasteiger partial charge in [-0.2, -0.15) is 11.8 Å². The summed E-state index contributed by atoms with van der Waals surface area (Å²) in [5.41, 5.74) is 0. The van der Waals surface area contributed by atoms with Gasteiger partial charge in [-0.05, 0) is 31.9 Å². The van der Waals surface area contributed by atoms with Gasteiger partial charge in [-0.1, -0.05) is 6.92 Å². The summed E-state index contributed by atoms with van der Waals surface area (Å²) in [6.07, 6.45) is 6.67. The van der Waals surface area contributed by atoms with Gasteiger partial charge in [0, 0.05) is 24.9 Å². The van der Waals surface area contributed by atoms with E-state index in [1.807, 2.05) is 11.9 Å². The highest BCUT2D eigenvalue weighted by atomic mass is 32.2. The molecule has 2 amide bonds. The molecule has 1 atom stereocenters. The van der Waals surface area contributed by atoms with Crippen LogP contribution in [0.2, 0.25) is 0 Å². The Bertz CT molecular complexity index is 207. The van der Waals surface area contributed by atoms with Crippen molar-refractivity contribution in [3.05, 3.63) is 0 Å². The molecule has 0 saturated heterocycles. The minimum absolute atomic E-state index is 0.0978. The Hall–Kier alpha value is -0.380. The van der Waals surface area contributed by atoms with Crippen LogP contribution in [0.4, 0.5) is 4.79 Å². The molecule has 1 N–H and O–H groups in total. The Balaban J connectivity index is 2.34. The standard InChI is InChI=1S/C11H22N2OS/c1-4-10(8-15-3)13(2)11(14)12-9-6-5-7-9/h9-10H,4-8H2,1-3H3,(H,12,14). The zero-order chi connectivity index (χ0) is 11.3. The third kappa shape index (κ3) is 3.59. The molecule has 0 aliphatic heterocycles. The van der Waals surface area contributed by atoms with Crippen molar-refractivity contribution in [3.8, 4) is 0 Å². The number of carbonyl (C=O) groups is 1. The highest BCUT2D eigenvalue weighted by Gasteiger charge is 2.23. The summed E-state index contributed by atoms with van der Waals surface area (Å²) < 4.78 is 0. The van der Waals surface area contributed by atoms with Gasteiger partial charge in [-0.3, -0.25) is 0 Å². The largest absolute Gasteiger partial charge is 0.335 e. The van der Waals surface area contributed by atoms with Crippen molar-refractivity contribution in [1.29, 1.82) is 0 Å². The SMILES string of the molecule is CCC(CSC)N(C)C(=O)NC1CCC1. The molecule has 3 nitrogen and oxygen atoms in total. The predicted molar refractivity (Wildman–Crippen MR) is 66.4 cm³/mol. The van der Waals surface area contributed by atoms with Crippen LogP contribution < -0.4 is 5.32 Å². The van der Waals surface area contributed by atoms with Crippen molar-refractivity contribution in [1.82, 2.24) is 10.2 Å². The number of nitrogens with one attached hydrogen (secondary N) is 1. The monoisotopic (exact) mass is 230 g/mol. The van der Waals surface area contributed by atoms with E-state index < -0.39 is 0 Å². The summed E-state index contributed by atoms with van der Waals surface area (Å²) in [6, 6.07) is 0.896. The number of hydrogen-bond donors (Lipinski definition) is 1. The number of thioether (sulfide) groups is 1. The first-order chi connectivity index (χ1) is 7.19.